The number of hydrogen-bond acceptors (Lipinski definition) is 1. The zero-order chi connectivity index (χ0) is 11.7. The maximum atomic E-state index is 12.2. The quantitative estimate of drug-likeness (QED) is 0.630. The predicted octanol–water partition coefficient (Wildman–Crippen LogP) is 2.78. The van der Waals surface area contributed by atoms with Crippen LogP contribution in [0, 0.1) is 6.42 Å². The molecule has 1 aliphatic heterocycles. The first-order chi connectivity index (χ1) is 6.73. The minimum Gasteiger partial charge on any atom is -0.285 e. The fraction of sp³-hybridized carbons (Fsp3) is 0.875. The van der Waals surface area contributed by atoms with Crippen LogP contribution in [0.1, 0.15) is 12.8 Å². The maximum Gasteiger partial charge on any atom is 0.412 e. The van der Waals surface area contributed by atoms with Gasteiger partial charge in [-0.25, -0.2) is 0 Å². The van der Waals surface area contributed by atoms with Crippen LogP contribution in [-0.4, -0.2) is 36.4 Å². The molecule has 0 amide bonds. The third-order valence-electron chi connectivity index (χ3n) is 2.23. The van der Waals surface area contributed by atoms with E-state index in [-0.39, 0.29) is 25.9 Å². The molecule has 1 rings (SSSR count). The monoisotopic (exact) mass is 234 g/mol. The molecule has 0 unspecified atom stereocenters. The molecular formula is C8H10F6N. The molecule has 0 atom stereocenters. The van der Waals surface area contributed by atoms with Gasteiger partial charge in [-0.3, -0.25) is 4.90 Å². The maximum absolute atomic E-state index is 12.2. The first-order valence-electron chi connectivity index (χ1n) is 4.42. The zero-order valence-electron chi connectivity index (χ0n) is 7.70. The van der Waals surface area contributed by atoms with Crippen molar-refractivity contribution in [2.24, 2.45) is 0 Å². The lowest BCUT2D eigenvalue weighted by Crippen LogP contribution is -2.56. The zero-order valence-corrected chi connectivity index (χ0v) is 7.70. The molecule has 7 heteroatoms. The number of hydrogen-bond donors (Lipinski definition) is 0. The van der Waals surface area contributed by atoms with Crippen molar-refractivity contribution >= 4 is 0 Å². The highest BCUT2D eigenvalue weighted by molar-refractivity contribution is 4.89. The molecule has 0 aromatic heterocycles. The lowest BCUT2D eigenvalue weighted by Gasteiger charge is -2.36. The number of piperidine rings is 1. The highest BCUT2D eigenvalue weighted by Gasteiger charge is 2.59. The Labute approximate surface area is 83.0 Å². The molecule has 0 saturated carbocycles. The van der Waals surface area contributed by atoms with Crippen molar-refractivity contribution in [3.63, 3.8) is 0 Å². The molecule has 0 aliphatic carbocycles. The second kappa shape index (κ2) is 4.19. The predicted molar refractivity (Wildman–Crippen MR) is 41.0 cm³/mol. The van der Waals surface area contributed by atoms with Gasteiger partial charge in [-0.05, 0) is 32.4 Å². The molecule has 0 aromatic carbocycles. The van der Waals surface area contributed by atoms with Crippen LogP contribution >= 0.6 is 0 Å². The largest absolute Gasteiger partial charge is 0.412 e. The van der Waals surface area contributed by atoms with Crippen LogP contribution in [-0.2, 0) is 0 Å². The van der Waals surface area contributed by atoms with Gasteiger partial charge in [0.25, 0.3) is 0 Å². The minimum absolute atomic E-state index is 0.191. The van der Waals surface area contributed by atoms with E-state index >= 15 is 0 Å². The van der Waals surface area contributed by atoms with Crippen LogP contribution in [0.3, 0.4) is 0 Å². The Kier molecular flexibility index (Phi) is 3.52. The molecular weight excluding hydrogens is 224 g/mol. The summed E-state index contributed by atoms with van der Waals surface area (Å²) in [4.78, 5) is 0.444. The van der Waals surface area contributed by atoms with E-state index in [9.17, 15) is 26.3 Å². The van der Waals surface area contributed by atoms with Crippen LogP contribution in [0.25, 0.3) is 0 Å². The van der Waals surface area contributed by atoms with Crippen LogP contribution in [0.15, 0.2) is 0 Å². The van der Waals surface area contributed by atoms with Crippen molar-refractivity contribution in [1.29, 1.82) is 0 Å². The van der Waals surface area contributed by atoms with Gasteiger partial charge in [0.2, 0.25) is 6.04 Å². The van der Waals surface area contributed by atoms with E-state index in [2.05, 4.69) is 0 Å². The molecule has 1 nitrogen and oxygen atoms in total. The standard InChI is InChI=1S/C8H10F6N/c9-7(10,11)6(8(12,13)14)15-4-2-1-3-5-15/h1,6H,2-5H2. The second-order valence-electron chi connectivity index (χ2n) is 3.39. The van der Waals surface area contributed by atoms with Crippen molar-refractivity contribution < 1.29 is 26.3 Å². The van der Waals surface area contributed by atoms with Gasteiger partial charge < -0.3 is 0 Å². The summed E-state index contributed by atoms with van der Waals surface area (Å²) in [7, 11) is 0. The highest BCUT2D eigenvalue weighted by Crippen LogP contribution is 2.38. The normalized spacial score (nSPS) is 21.0. The van der Waals surface area contributed by atoms with Crippen molar-refractivity contribution in [1.82, 2.24) is 4.90 Å². The number of nitrogens with zero attached hydrogens (tertiary/aromatic N) is 1. The van der Waals surface area contributed by atoms with Gasteiger partial charge >= 0.3 is 12.4 Å². The van der Waals surface area contributed by atoms with E-state index in [1.54, 1.807) is 6.42 Å². The Hall–Kier alpha value is -0.460. The Morgan fingerprint density at radius 3 is 1.60 bits per heavy atom. The molecule has 89 valence electrons. The first-order valence-corrected chi connectivity index (χ1v) is 4.42. The first kappa shape index (κ1) is 12.6. The Morgan fingerprint density at radius 1 is 0.867 bits per heavy atom. The fourth-order valence-corrected chi connectivity index (χ4v) is 1.63. The summed E-state index contributed by atoms with van der Waals surface area (Å²) in [5.41, 5.74) is 0. The van der Waals surface area contributed by atoms with Gasteiger partial charge in [0, 0.05) is 0 Å². The third kappa shape index (κ3) is 3.25. The summed E-state index contributed by atoms with van der Waals surface area (Å²) in [6.07, 6.45) is -8.28. The number of likely N-dealkylation sites (tertiary alicyclic amines) is 1. The van der Waals surface area contributed by atoms with Crippen LogP contribution in [0.2, 0.25) is 0 Å². The molecule has 1 saturated heterocycles. The smallest absolute Gasteiger partial charge is 0.285 e. The number of rotatable bonds is 1. The van der Waals surface area contributed by atoms with Crippen LogP contribution in [0.5, 0.6) is 0 Å². The van der Waals surface area contributed by atoms with Crippen molar-refractivity contribution in [2.45, 2.75) is 31.2 Å². The van der Waals surface area contributed by atoms with Gasteiger partial charge in [-0.2, -0.15) is 26.3 Å². The highest BCUT2D eigenvalue weighted by atomic mass is 19.4. The van der Waals surface area contributed by atoms with Crippen molar-refractivity contribution in [3.05, 3.63) is 6.42 Å². The molecule has 1 radical (unpaired) electrons. The second-order valence-corrected chi connectivity index (χ2v) is 3.39. The van der Waals surface area contributed by atoms with Gasteiger partial charge in [0.05, 0.1) is 0 Å². The third-order valence-corrected chi connectivity index (χ3v) is 2.23. The summed E-state index contributed by atoms with van der Waals surface area (Å²) in [5, 5.41) is 0. The number of alkyl halides is 6. The average molecular weight is 234 g/mol. The molecule has 1 aliphatic rings. The van der Waals surface area contributed by atoms with Gasteiger partial charge in [-0.1, -0.05) is 0 Å². The van der Waals surface area contributed by atoms with Crippen LogP contribution < -0.4 is 0 Å². The molecule has 1 heterocycles. The average Bonchev–Trinajstić information content (AvgIpc) is 2.00. The van der Waals surface area contributed by atoms with Gasteiger partial charge in [-0.15, -0.1) is 0 Å². The molecule has 0 spiro atoms. The fourth-order valence-electron chi connectivity index (χ4n) is 1.63. The molecule has 0 aromatic rings. The van der Waals surface area contributed by atoms with Gasteiger partial charge in [0.1, 0.15) is 0 Å². The summed E-state index contributed by atoms with van der Waals surface area (Å²) in [5.74, 6) is 0. The molecule has 0 N–H and O–H groups in total. The SMILES string of the molecule is FC(F)(F)C(N1CC[CH]CC1)C(F)(F)F. The van der Waals surface area contributed by atoms with Gasteiger partial charge in [0.15, 0.2) is 0 Å². The Morgan fingerprint density at radius 2 is 1.27 bits per heavy atom. The van der Waals surface area contributed by atoms with Crippen molar-refractivity contribution in [2.75, 3.05) is 13.1 Å². The van der Waals surface area contributed by atoms with Crippen LogP contribution in [0.4, 0.5) is 26.3 Å². The van der Waals surface area contributed by atoms with Crippen molar-refractivity contribution in [3.8, 4) is 0 Å². The lowest BCUT2D eigenvalue weighted by molar-refractivity contribution is -0.288. The van der Waals surface area contributed by atoms with E-state index in [4.69, 9.17) is 0 Å². The summed E-state index contributed by atoms with van der Waals surface area (Å²) in [6, 6.07) is -3.32. The Balaban J connectivity index is 2.80. The van der Waals surface area contributed by atoms with E-state index in [1.807, 2.05) is 0 Å². The summed E-state index contributed by atoms with van der Waals surface area (Å²) < 4.78 is 73.4. The topological polar surface area (TPSA) is 3.24 Å². The van der Waals surface area contributed by atoms with E-state index in [1.165, 1.54) is 0 Å². The molecule has 15 heavy (non-hydrogen) atoms. The number of halogens is 6. The summed E-state index contributed by atoms with van der Waals surface area (Å²) in [6.45, 7) is -0.382. The summed E-state index contributed by atoms with van der Waals surface area (Å²) >= 11 is 0. The van der Waals surface area contributed by atoms with E-state index < -0.39 is 18.4 Å². The molecule has 1 fully saturated rings. The lowest BCUT2D eigenvalue weighted by atomic mass is 10.1. The Bertz CT molecular complexity index is 188. The molecule has 0 bridgehead atoms. The minimum atomic E-state index is -5.25. The van der Waals surface area contributed by atoms with E-state index in [0.29, 0.717) is 4.90 Å². The van der Waals surface area contributed by atoms with E-state index in [0.717, 1.165) is 0 Å².